The van der Waals surface area contributed by atoms with Crippen LogP contribution in [-0.2, 0) is 12.0 Å². The third kappa shape index (κ3) is 6.45. The van der Waals surface area contributed by atoms with Gasteiger partial charge in [-0.05, 0) is 13.3 Å². The fourth-order valence-corrected chi connectivity index (χ4v) is 1.99. The van der Waals surface area contributed by atoms with Gasteiger partial charge in [0.15, 0.2) is 11.8 Å². The summed E-state index contributed by atoms with van der Waals surface area (Å²) in [6.45, 7) is 11.0. The van der Waals surface area contributed by atoms with Crippen LogP contribution in [-0.4, -0.2) is 29.2 Å². The van der Waals surface area contributed by atoms with Crippen LogP contribution in [0.2, 0.25) is 0 Å². The second kappa shape index (κ2) is 8.76. The average molecular weight is 309 g/mol. The lowest BCUT2D eigenvalue weighted by atomic mass is 9.97. The molecule has 1 rings (SSSR count). The second-order valence-electron chi connectivity index (χ2n) is 6.73. The predicted octanol–water partition coefficient (Wildman–Crippen LogP) is 3.00. The lowest BCUT2D eigenvalue weighted by Crippen LogP contribution is -2.42. The smallest absolute Gasteiger partial charge is 0.232 e. The van der Waals surface area contributed by atoms with E-state index in [1.54, 1.807) is 7.05 Å². The van der Waals surface area contributed by atoms with Crippen molar-refractivity contribution in [3.05, 3.63) is 11.7 Å². The highest BCUT2D eigenvalue weighted by Gasteiger charge is 2.21. The molecule has 0 aromatic carbocycles. The lowest BCUT2D eigenvalue weighted by molar-refractivity contribution is 0.318. The highest BCUT2D eigenvalue weighted by atomic mass is 16.5. The Hall–Kier alpha value is -1.59. The second-order valence-corrected chi connectivity index (χ2v) is 6.73. The van der Waals surface area contributed by atoms with Gasteiger partial charge in [0.05, 0.1) is 6.54 Å². The van der Waals surface area contributed by atoms with E-state index >= 15 is 0 Å². The number of hydrogen-bond donors (Lipinski definition) is 2. The largest absolute Gasteiger partial charge is 0.354 e. The Morgan fingerprint density at radius 1 is 1.32 bits per heavy atom. The molecule has 6 nitrogen and oxygen atoms in total. The quantitative estimate of drug-likeness (QED) is 0.460. The van der Waals surface area contributed by atoms with E-state index in [-0.39, 0.29) is 5.41 Å². The Labute approximate surface area is 134 Å². The SMILES string of the molecule is CCCCCC(C)NC(=NC)NCc1noc(C(C)(C)C)n1. The van der Waals surface area contributed by atoms with E-state index in [0.717, 1.165) is 12.4 Å². The molecule has 6 heteroatoms. The molecule has 1 unspecified atom stereocenters. The standard InChI is InChI=1S/C16H31N5O/c1-7-8-9-10-12(2)19-15(17-6)18-11-13-20-14(22-21-13)16(3,4)5/h12H,7-11H2,1-6H3,(H2,17,18,19). The third-order valence-electron chi connectivity index (χ3n) is 3.37. The molecule has 0 amide bonds. The number of rotatable bonds is 7. The van der Waals surface area contributed by atoms with E-state index in [9.17, 15) is 0 Å². The zero-order chi connectivity index (χ0) is 16.6. The van der Waals surface area contributed by atoms with Gasteiger partial charge in [-0.2, -0.15) is 4.98 Å². The van der Waals surface area contributed by atoms with E-state index in [1.165, 1.54) is 19.3 Å². The maximum Gasteiger partial charge on any atom is 0.232 e. The molecule has 1 aromatic heterocycles. The topological polar surface area (TPSA) is 75.3 Å². The van der Waals surface area contributed by atoms with Gasteiger partial charge >= 0.3 is 0 Å². The van der Waals surface area contributed by atoms with Crippen molar-refractivity contribution in [1.29, 1.82) is 0 Å². The number of aromatic nitrogens is 2. The molecule has 1 aromatic rings. The molecule has 0 radical (unpaired) electrons. The number of nitrogens with zero attached hydrogens (tertiary/aromatic N) is 3. The molecule has 22 heavy (non-hydrogen) atoms. The molecule has 1 heterocycles. The van der Waals surface area contributed by atoms with Crippen molar-refractivity contribution in [1.82, 2.24) is 20.8 Å². The van der Waals surface area contributed by atoms with Gasteiger partial charge in [0, 0.05) is 18.5 Å². The van der Waals surface area contributed by atoms with Gasteiger partial charge < -0.3 is 15.2 Å². The molecule has 2 N–H and O–H groups in total. The minimum absolute atomic E-state index is 0.126. The summed E-state index contributed by atoms with van der Waals surface area (Å²) in [6.07, 6.45) is 4.90. The first-order chi connectivity index (χ1) is 10.4. The van der Waals surface area contributed by atoms with Crippen LogP contribution in [0.4, 0.5) is 0 Å². The number of unbranched alkanes of at least 4 members (excludes halogenated alkanes) is 2. The predicted molar refractivity (Wildman–Crippen MR) is 89.9 cm³/mol. The van der Waals surface area contributed by atoms with Crippen LogP contribution in [0.1, 0.15) is 72.0 Å². The Bertz CT molecular complexity index is 461. The van der Waals surface area contributed by atoms with Crippen LogP contribution in [0, 0.1) is 0 Å². The molecular weight excluding hydrogens is 278 g/mol. The maximum absolute atomic E-state index is 5.28. The van der Waals surface area contributed by atoms with Gasteiger partial charge in [-0.15, -0.1) is 0 Å². The molecule has 126 valence electrons. The van der Waals surface area contributed by atoms with Crippen molar-refractivity contribution in [3.8, 4) is 0 Å². The summed E-state index contributed by atoms with van der Waals surface area (Å²) in [4.78, 5) is 8.64. The first-order valence-corrected chi connectivity index (χ1v) is 8.17. The molecule has 0 spiro atoms. The summed E-state index contributed by atoms with van der Waals surface area (Å²) in [7, 11) is 1.77. The zero-order valence-electron chi connectivity index (χ0n) is 14.9. The monoisotopic (exact) mass is 309 g/mol. The van der Waals surface area contributed by atoms with Crippen molar-refractivity contribution in [2.45, 2.75) is 78.3 Å². The van der Waals surface area contributed by atoms with Crippen LogP contribution in [0.15, 0.2) is 9.52 Å². The summed E-state index contributed by atoms with van der Waals surface area (Å²) >= 11 is 0. The van der Waals surface area contributed by atoms with E-state index < -0.39 is 0 Å². The number of nitrogens with one attached hydrogen (secondary N) is 2. The van der Waals surface area contributed by atoms with Gasteiger partial charge in [-0.25, -0.2) is 0 Å². The highest BCUT2D eigenvalue weighted by Crippen LogP contribution is 2.19. The van der Waals surface area contributed by atoms with Crippen molar-refractivity contribution < 1.29 is 4.52 Å². The molecule has 1 atom stereocenters. The maximum atomic E-state index is 5.28. The zero-order valence-corrected chi connectivity index (χ0v) is 14.9. The fraction of sp³-hybridized carbons (Fsp3) is 0.812. The average Bonchev–Trinajstić information content (AvgIpc) is 2.92. The van der Waals surface area contributed by atoms with Crippen LogP contribution >= 0.6 is 0 Å². The first kappa shape index (κ1) is 18.5. The van der Waals surface area contributed by atoms with Crippen molar-refractivity contribution >= 4 is 5.96 Å². The highest BCUT2D eigenvalue weighted by molar-refractivity contribution is 5.79. The molecule has 0 saturated carbocycles. The minimum Gasteiger partial charge on any atom is -0.354 e. The Balaban J connectivity index is 2.42. The van der Waals surface area contributed by atoms with Crippen LogP contribution in [0.5, 0.6) is 0 Å². The number of hydrogen-bond acceptors (Lipinski definition) is 4. The van der Waals surface area contributed by atoms with Gasteiger partial charge in [-0.3, -0.25) is 4.99 Å². The van der Waals surface area contributed by atoms with Gasteiger partial charge in [0.1, 0.15) is 0 Å². The Morgan fingerprint density at radius 3 is 2.59 bits per heavy atom. The Morgan fingerprint density at radius 2 is 2.05 bits per heavy atom. The molecule has 0 aliphatic rings. The van der Waals surface area contributed by atoms with E-state index in [0.29, 0.717) is 24.3 Å². The van der Waals surface area contributed by atoms with Crippen LogP contribution < -0.4 is 10.6 Å². The van der Waals surface area contributed by atoms with Gasteiger partial charge in [0.25, 0.3) is 0 Å². The normalized spacial score (nSPS) is 14.0. The molecule has 0 saturated heterocycles. The first-order valence-electron chi connectivity index (χ1n) is 8.17. The lowest BCUT2D eigenvalue weighted by Gasteiger charge is -2.17. The minimum atomic E-state index is -0.126. The van der Waals surface area contributed by atoms with E-state index in [1.807, 2.05) is 0 Å². The summed E-state index contributed by atoms with van der Waals surface area (Å²) in [5.41, 5.74) is -0.126. The fourth-order valence-electron chi connectivity index (χ4n) is 1.99. The van der Waals surface area contributed by atoms with Crippen molar-refractivity contribution in [2.75, 3.05) is 7.05 Å². The molecular formula is C16H31N5O. The molecule has 0 fully saturated rings. The molecule has 0 aliphatic carbocycles. The molecule has 0 aliphatic heterocycles. The van der Waals surface area contributed by atoms with Crippen LogP contribution in [0.3, 0.4) is 0 Å². The number of aliphatic imine (C=N–C) groups is 1. The van der Waals surface area contributed by atoms with Gasteiger partial charge in [0.2, 0.25) is 5.89 Å². The van der Waals surface area contributed by atoms with E-state index in [2.05, 4.69) is 60.4 Å². The van der Waals surface area contributed by atoms with Gasteiger partial charge in [-0.1, -0.05) is 52.1 Å². The molecule has 0 bridgehead atoms. The van der Waals surface area contributed by atoms with E-state index in [4.69, 9.17) is 4.52 Å². The summed E-state index contributed by atoms with van der Waals surface area (Å²) in [6, 6.07) is 0.396. The third-order valence-corrected chi connectivity index (χ3v) is 3.37. The number of guanidine groups is 1. The Kier molecular flexibility index (Phi) is 7.35. The summed E-state index contributed by atoms with van der Waals surface area (Å²) in [5.74, 6) is 2.07. The van der Waals surface area contributed by atoms with Crippen molar-refractivity contribution in [3.63, 3.8) is 0 Å². The summed E-state index contributed by atoms with van der Waals surface area (Å²) in [5, 5.41) is 10.6. The van der Waals surface area contributed by atoms with Crippen molar-refractivity contribution in [2.24, 2.45) is 4.99 Å². The van der Waals surface area contributed by atoms with Crippen LogP contribution in [0.25, 0.3) is 0 Å². The summed E-state index contributed by atoms with van der Waals surface area (Å²) < 4.78 is 5.28.